The van der Waals surface area contributed by atoms with Gasteiger partial charge in [0.05, 0.1) is 0 Å². The Morgan fingerprint density at radius 2 is 0.600 bits per heavy atom. The molecule has 0 unspecified atom stereocenters. The Morgan fingerprint density at radius 3 is 1.20 bits per heavy atom. The maximum Gasteiger partial charge on any atom is -0.000740 e. The van der Waals surface area contributed by atoms with E-state index in [0.29, 0.717) is 0 Å². The molecule has 230 valence electrons. The first kappa shape index (κ1) is 27.5. The molecule has 0 saturated carbocycles. The highest BCUT2D eigenvalue weighted by atomic mass is 14.3. The summed E-state index contributed by atoms with van der Waals surface area (Å²) in [4.78, 5) is 0. The van der Waals surface area contributed by atoms with Crippen LogP contribution in [0.25, 0.3) is 109 Å². The van der Waals surface area contributed by atoms with Gasteiger partial charge in [0.2, 0.25) is 0 Å². The molecule has 0 aromatic heterocycles. The molecule has 0 saturated heterocycles. The Morgan fingerprint density at radius 1 is 0.200 bits per heavy atom. The summed E-state index contributed by atoms with van der Waals surface area (Å²) in [7, 11) is 0. The minimum Gasteiger partial charge on any atom is -0.0622 e. The van der Waals surface area contributed by atoms with Crippen molar-refractivity contribution in [3.05, 3.63) is 182 Å². The summed E-state index contributed by atoms with van der Waals surface area (Å²) in [6.45, 7) is 0. The van der Waals surface area contributed by atoms with Crippen LogP contribution in [-0.2, 0) is 0 Å². The van der Waals surface area contributed by atoms with Gasteiger partial charge in [0.1, 0.15) is 0 Å². The first-order chi connectivity index (χ1) is 24.9. The average molecular weight is 631 g/mol. The molecular formula is C50H30. The van der Waals surface area contributed by atoms with Gasteiger partial charge in [-0.05, 0) is 109 Å². The fourth-order valence-corrected chi connectivity index (χ4v) is 9.03. The van der Waals surface area contributed by atoms with Crippen LogP contribution in [0.3, 0.4) is 0 Å². The van der Waals surface area contributed by atoms with Crippen molar-refractivity contribution in [2.24, 2.45) is 0 Å². The molecule has 0 amide bonds. The molecule has 0 aliphatic heterocycles. The van der Waals surface area contributed by atoms with Crippen LogP contribution in [-0.4, -0.2) is 0 Å². The zero-order valence-electron chi connectivity index (χ0n) is 27.3. The standard InChI is InChI=1S/C50H30/c1-3-16-32(17-4-1)44-34-20-8-7-15-31(34)29-30-43(44)46-36-22-10-12-24-40(36)50-48-38(26-14-28-42(46)48)37-25-13-27-41-45(33-18-5-2-6-19-33)35-21-9-11-23-39(35)49(50)47(37)41/h1-30H. The van der Waals surface area contributed by atoms with Gasteiger partial charge < -0.3 is 0 Å². The van der Waals surface area contributed by atoms with Crippen LogP contribution in [0.1, 0.15) is 0 Å². The van der Waals surface area contributed by atoms with E-state index in [1.807, 2.05) is 0 Å². The van der Waals surface area contributed by atoms with Crippen LogP contribution in [0.15, 0.2) is 182 Å². The monoisotopic (exact) mass is 630 g/mol. The molecule has 0 heteroatoms. The van der Waals surface area contributed by atoms with Gasteiger partial charge in [0, 0.05) is 0 Å². The second-order valence-corrected chi connectivity index (χ2v) is 13.5. The molecule has 0 radical (unpaired) electrons. The topological polar surface area (TPSA) is 0 Å². The van der Waals surface area contributed by atoms with Crippen molar-refractivity contribution >= 4 is 75.4 Å². The lowest BCUT2D eigenvalue weighted by atomic mass is 9.79. The molecule has 11 aromatic carbocycles. The first-order valence-corrected chi connectivity index (χ1v) is 17.5. The van der Waals surface area contributed by atoms with Gasteiger partial charge in [-0.1, -0.05) is 182 Å². The van der Waals surface area contributed by atoms with Gasteiger partial charge >= 0.3 is 0 Å². The Hall–Kier alpha value is -6.50. The highest BCUT2D eigenvalue weighted by Gasteiger charge is 2.24. The Labute approximate surface area is 289 Å². The van der Waals surface area contributed by atoms with Crippen LogP contribution in [0.5, 0.6) is 0 Å². The lowest BCUT2D eigenvalue weighted by molar-refractivity contribution is 1.64. The van der Waals surface area contributed by atoms with Crippen molar-refractivity contribution in [3.8, 4) is 33.4 Å². The van der Waals surface area contributed by atoms with Gasteiger partial charge in [-0.25, -0.2) is 0 Å². The van der Waals surface area contributed by atoms with E-state index in [1.165, 1.54) is 109 Å². The van der Waals surface area contributed by atoms with Crippen molar-refractivity contribution in [3.63, 3.8) is 0 Å². The molecule has 0 bridgehead atoms. The SMILES string of the molecule is c1ccc(-c2c(-c3c4ccccc4c4c5c3cccc5c3cccc5c(-c6ccccc6)c6ccccc6c4c53)ccc3ccccc23)cc1. The number of rotatable bonds is 3. The highest BCUT2D eigenvalue weighted by molar-refractivity contribution is 6.45. The van der Waals surface area contributed by atoms with Crippen molar-refractivity contribution in [1.82, 2.24) is 0 Å². The van der Waals surface area contributed by atoms with Crippen molar-refractivity contribution < 1.29 is 0 Å². The van der Waals surface area contributed by atoms with Gasteiger partial charge in [0.25, 0.3) is 0 Å². The summed E-state index contributed by atoms with van der Waals surface area (Å²) in [6, 6.07) is 67.4. The van der Waals surface area contributed by atoms with E-state index < -0.39 is 0 Å². The highest BCUT2D eigenvalue weighted by Crippen LogP contribution is 2.53. The third-order valence-electron chi connectivity index (χ3n) is 11.0. The third kappa shape index (κ3) is 3.71. The Bertz CT molecular complexity index is 3120. The number of benzene rings is 11. The minimum atomic E-state index is 1.23. The number of hydrogen-bond acceptors (Lipinski definition) is 0. The lowest BCUT2D eigenvalue weighted by Gasteiger charge is -2.24. The minimum absolute atomic E-state index is 1.23. The summed E-state index contributed by atoms with van der Waals surface area (Å²) in [6.07, 6.45) is 0. The van der Waals surface area contributed by atoms with E-state index in [2.05, 4.69) is 182 Å². The zero-order chi connectivity index (χ0) is 32.8. The smallest absolute Gasteiger partial charge is 0.000740 e. The van der Waals surface area contributed by atoms with Gasteiger partial charge in [0.15, 0.2) is 0 Å². The normalized spacial score (nSPS) is 12.0. The van der Waals surface area contributed by atoms with E-state index >= 15 is 0 Å². The van der Waals surface area contributed by atoms with Crippen molar-refractivity contribution in [2.75, 3.05) is 0 Å². The van der Waals surface area contributed by atoms with E-state index in [0.717, 1.165) is 0 Å². The van der Waals surface area contributed by atoms with Crippen molar-refractivity contribution in [2.45, 2.75) is 0 Å². The molecule has 0 nitrogen and oxygen atoms in total. The average Bonchev–Trinajstić information content (AvgIpc) is 3.19. The predicted molar refractivity (Wildman–Crippen MR) is 216 cm³/mol. The summed E-state index contributed by atoms with van der Waals surface area (Å²) >= 11 is 0. The fraction of sp³-hybridized carbons (Fsp3) is 0. The summed E-state index contributed by atoms with van der Waals surface area (Å²) in [5.41, 5.74) is 7.64. The molecule has 0 spiro atoms. The van der Waals surface area contributed by atoms with Crippen molar-refractivity contribution in [1.29, 1.82) is 0 Å². The molecule has 50 heavy (non-hydrogen) atoms. The third-order valence-corrected chi connectivity index (χ3v) is 11.0. The van der Waals surface area contributed by atoms with Gasteiger partial charge in [-0.3, -0.25) is 0 Å². The molecule has 0 aliphatic carbocycles. The Kier molecular flexibility index (Phi) is 5.76. The molecular weight excluding hydrogens is 601 g/mol. The zero-order valence-corrected chi connectivity index (χ0v) is 27.3. The molecule has 0 atom stereocenters. The number of fused-ring (bicyclic) bond motifs is 7. The summed E-state index contributed by atoms with van der Waals surface area (Å²) in [5.74, 6) is 0. The lowest BCUT2D eigenvalue weighted by Crippen LogP contribution is -1.95. The molecule has 0 fully saturated rings. The molecule has 0 heterocycles. The van der Waals surface area contributed by atoms with Gasteiger partial charge in [-0.2, -0.15) is 0 Å². The van der Waals surface area contributed by atoms with E-state index in [9.17, 15) is 0 Å². The van der Waals surface area contributed by atoms with Crippen LogP contribution < -0.4 is 0 Å². The predicted octanol–water partition coefficient (Wildman–Crippen LogP) is 14.2. The fourth-order valence-electron chi connectivity index (χ4n) is 9.03. The summed E-state index contributed by atoms with van der Waals surface area (Å²) < 4.78 is 0. The van der Waals surface area contributed by atoms with Gasteiger partial charge in [-0.15, -0.1) is 0 Å². The second-order valence-electron chi connectivity index (χ2n) is 13.5. The Balaban J connectivity index is 1.41. The molecule has 0 aliphatic rings. The maximum atomic E-state index is 2.36. The molecule has 0 N–H and O–H groups in total. The largest absolute Gasteiger partial charge is 0.0622 e. The maximum absolute atomic E-state index is 2.36. The van der Waals surface area contributed by atoms with E-state index in [4.69, 9.17) is 0 Å². The molecule has 11 rings (SSSR count). The first-order valence-electron chi connectivity index (χ1n) is 17.5. The molecule has 11 aromatic rings. The van der Waals surface area contributed by atoms with E-state index in [-0.39, 0.29) is 0 Å². The van der Waals surface area contributed by atoms with E-state index in [1.54, 1.807) is 0 Å². The number of hydrogen-bond donors (Lipinski definition) is 0. The van der Waals surface area contributed by atoms with Crippen LogP contribution in [0, 0.1) is 0 Å². The summed E-state index contributed by atoms with van der Waals surface area (Å²) in [5, 5.41) is 18.3. The second kappa shape index (κ2) is 10.5. The van der Waals surface area contributed by atoms with Crippen LogP contribution >= 0.6 is 0 Å². The van der Waals surface area contributed by atoms with Crippen LogP contribution in [0.2, 0.25) is 0 Å². The van der Waals surface area contributed by atoms with Crippen LogP contribution in [0.4, 0.5) is 0 Å². The quantitative estimate of drug-likeness (QED) is 0.135.